The number of carbonyl (C=O) groups excluding carboxylic acids is 1. The van der Waals surface area contributed by atoms with Crippen molar-refractivity contribution in [2.75, 3.05) is 18.5 Å². The van der Waals surface area contributed by atoms with Crippen LogP contribution in [-0.2, 0) is 0 Å². The minimum atomic E-state index is -0.168. The molecule has 1 aromatic heterocycles. The van der Waals surface area contributed by atoms with Gasteiger partial charge in [0.1, 0.15) is 0 Å². The van der Waals surface area contributed by atoms with Crippen molar-refractivity contribution in [1.82, 2.24) is 0 Å². The topological polar surface area (TPSA) is 47.6 Å². The first kappa shape index (κ1) is 15.2. The highest BCUT2D eigenvalue weighted by molar-refractivity contribution is 7.12. The van der Waals surface area contributed by atoms with Gasteiger partial charge in [0.15, 0.2) is 11.5 Å². The number of halogens is 1. The minimum Gasteiger partial charge on any atom is -0.490 e. The van der Waals surface area contributed by atoms with Crippen LogP contribution in [0.2, 0.25) is 5.02 Å². The van der Waals surface area contributed by atoms with E-state index in [9.17, 15) is 4.79 Å². The zero-order chi connectivity index (χ0) is 15.7. The second-order valence-electron chi connectivity index (χ2n) is 5.11. The SMILES string of the molecule is Cc1cc(C(=O)Nc2cc3c(cc2Cl)OCCCO3)c(C)s1. The van der Waals surface area contributed by atoms with Gasteiger partial charge in [0.2, 0.25) is 0 Å². The van der Waals surface area contributed by atoms with Gasteiger partial charge in [-0.15, -0.1) is 11.3 Å². The van der Waals surface area contributed by atoms with Crippen molar-refractivity contribution in [3.63, 3.8) is 0 Å². The molecule has 1 N–H and O–H groups in total. The van der Waals surface area contributed by atoms with E-state index in [-0.39, 0.29) is 5.91 Å². The normalized spacial score (nSPS) is 13.6. The van der Waals surface area contributed by atoms with Crippen molar-refractivity contribution >= 4 is 34.5 Å². The summed E-state index contributed by atoms with van der Waals surface area (Å²) in [5.41, 5.74) is 1.20. The van der Waals surface area contributed by atoms with Crippen LogP contribution in [0.5, 0.6) is 11.5 Å². The van der Waals surface area contributed by atoms with Gasteiger partial charge in [-0.25, -0.2) is 0 Å². The quantitative estimate of drug-likeness (QED) is 0.881. The molecule has 22 heavy (non-hydrogen) atoms. The van der Waals surface area contributed by atoms with Crippen LogP contribution in [0, 0.1) is 13.8 Å². The highest BCUT2D eigenvalue weighted by atomic mass is 35.5. The van der Waals surface area contributed by atoms with E-state index in [1.165, 1.54) is 0 Å². The lowest BCUT2D eigenvalue weighted by atomic mass is 10.2. The highest BCUT2D eigenvalue weighted by Crippen LogP contribution is 2.38. The van der Waals surface area contributed by atoms with Crippen LogP contribution in [0.1, 0.15) is 26.5 Å². The number of benzene rings is 1. The Bertz CT molecular complexity index is 726. The van der Waals surface area contributed by atoms with E-state index in [0.717, 1.165) is 16.2 Å². The number of hydrogen-bond acceptors (Lipinski definition) is 4. The number of nitrogens with one attached hydrogen (secondary N) is 1. The molecule has 1 aliphatic rings. The third-order valence-corrected chi connectivity index (χ3v) is 4.65. The number of rotatable bonds is 2. The van der Waals surface area contributed by atoms with E-state index in [1.807, 2.05) is 19.9 Å². The largest absolute Gasteiger partial charge is 0.490 e. The fraction of sp³-hybridized carbons (Fsp3) is 0.312. The van der Waals surface area contributed by atoms with Gasteiger partial charge in [0, 0.05) is 28.3 Å². The van der Waals surface area contributed by atoms with Crippen molar-refractivity contribution in [2.24, 2.45) is 0 Å². The first-order chi connectivity index (χ1) is 10.5. The molecule has 0 unspecified atom stereocenters. The summed E-state index contributed by atoms with van der Waals surface area (Å²) in [6.45, 7) is 5.10. The van der Waals surface area contributed by atoms with E-state index >= 15 is 0 Å². The van der Waals surface area contributed by atoms with Crippen LogP contribution >= 0.6 is 22.9 Å². The van der Waals surface area contributed by atoms with Gasteiger partial charge in [-0.3, -0.25) is 4.79 Å². The summed E-state index contributed by atoms with van der Waals surface area (Å²) in [6.07, 6.45) is 0.821. The Morgan fingerprint density at radius 2 is 1.86 bits per heavy atom. The Kier molecular flexibility index (Phi) is 4.27. The molecule has 0 radical (unpaired) electrons. The molecule has 3 rings (SSSR count). The molecule has 6 heteroatoms. The van der Waals surface area contributed by atoms with E-state index in [4.69, 9.17) is 21.1 Å². The summed E-state index contributed by atoms with van der Waals surface area (Å²) in [7, 11) is 0. The Morgan fingerprint density at radius 1 is 1.18 bits per heavy atom. The molecule has 0 aliphatic carbocycles. The average molecular weight is 338 g/mol. The zero-order valence-corrected chi connectivity index (χ0v) is 13.9. The Balaban J connectivity index is 1.87. The first-order valence-electron chi connectivity index (χ1n) is 7.02. The Labute approximate surface area is 138 Å². The molecular weight excluding hydrogens is 322 g/mol. The third-order valence-electron chi connectivity index (χ3n) is 3.37. The van der Waals surface area contributed by atoms with Gasteiger partial charge in [0.05, 0.1) is 29.5 Å². The van der Waals surface area contributed by atoms with Crippen molar-refractivity contribution in [1.29, 1.82) is 0 Å². The fourth-order valence-corrected chi connectivity index (χ4v) is 3.45. The molecule has 0 saturated carbocycles. The van der Waals surface area contributed by atoms with Gasteiger partial charge in [-0.1, -0.05) is 11.6 Å². The van der Waals surface area contributed by atoms with Crippen molar-refractivity contribution in [3.05, 3.63) is 38.5 Å². The maximum absolute atomic E-state index is 12.4. The first-order valence-corrected chi connectivity index (χ1v) is 8.21. The molecule has 2 aromatic rings. The molecule has 0 fully saturated rings. The molecule has 0 saturated heterocycles. The minimum absolute atomic E-state index is 0.168. The molecule has 4 nitrogen and oxygen atoms in total. The predicted octanol–water partition coefficient (Wildman–Crippen LogP) is 4.43. The number of amides is 1. The summed E-state index contributed by atoms with van der Waals surface area (Å²) in [4.78, 5) is 14.5. The highest BCUT2D eigenvalue weighted by Gasteiger charge is 2.17. The number of hydrogen-bond donors (Lipinski definition) is 1. The molecule has 1 aromatic carbocycles. The van der Waals surface area contributed by atoms with Crippen molar-refractivity contribution in [2.45, 2.75) is 20.3 Å². The summed E-state index contributed by atoms with van der Waals surface area (Å²) in [5.74, 6) is 1.05. The van der Waals surface area contributed by atoms with Crippen molar-refractivity contribution in [3.8, 4) is 11.5 Å². The van der Waals surface area contributed by atoms with Gasteiger partial charge < -0.3 is 14.8 Å². The standard InChI is InChI=1S/C16H16ClNO3S/c1-9-6-11(10(2)22-9)16(19)18-13-8-15-14(7-12(13)17)20-4-3-5-21-15/h6-8H,3-5H2,1-2H3,(H,18,19). The lowest BCUT2D eigenvalue weighted by Gasteiger charge is -2.12. The van der Waals surface area contributed by atoms with Crippen LogP contribution < -0.4 is 14.8 Å². The number of thiophene rings is 1. The van der Waals surface area contributed by atoms with E-state index in [1.54, 1.807) is 23.5 Å². The van der Waals surface area contributed by atoms with E-state index in [2.05, 4.69) is 5.32 Å². The smallest absolute Gasteiger partial charge is 0.256 e. The van der Waals surface area contributed by atoms with Crippen LogP contribution in [0.4, 0.5) is 5.69 Å². The summed E-state index contributed by atoms with van der Waals surface area (Å²) >= 11 is 7.84. The van der Waals surface area contributed by atoms with Crippen LogP contribution in [0.15, 0.2) is 18.2 Å². The number of anilines is 1. The molecular formula is C16H16ClNO3S. The fourth-order valence-electron chi connectivity index (χ4n) is 2.33. The predicted molar refractivity (Wildman–Crippen MR) is 88.8 cm³/mol. The number of aryl methyl sites for hydroxylation is 2. The Hall–Kier alpha value is -1.72. The number of carbonyl (C=O) groups is 1. The lowest BCUT2D eigenvalue weighted by molar-refractivity contribution is 0.102. The second-order valence-corrected chi connectivity index (χ2v) is 6.98. The van der Waals surface area contributed by atoms with E-state index < -0.39 is 0 Å². The van der Waals surface area contributed by atoms with Crippen LogP contribution in [0.3, 0.4) is 0 Å². The number of ether oxygens (including phenoxy) is 2. The third kappa shape index (κ3) is 3.05. The summed E-state index contributed by atoms with van der Waals surface area (Å²) < 4.78 is 11.2. The van der Waals surface area contributed by atoms with Gasteiger partial charge in [-0.05, 0) is 19.9 Å². The summed E-state index contributed by atoms with van der Waals surface area (Å²) in [5, 5.41) is 3.28. The maximum Gasteiger partial charge on any atom is 0.256 e. The second kappa shape index (κ2) is 6.18. The molecule has 0 spiro atoms. The lowest BCUT2D eigenvalue weighted by Crippen LogP contribution is -2.12. The monoisotopic (exact) mass is 337 g/mol. The maximum atomic E-state index is 12.4. The van der Waals surface area contributed by atoms with Gasteiger partial charge >= 0.3 is 0 Å². The van der Waals surface area contributed by atoms with Crippen LogP contribution in [0.25, 0.3) is 0 Å². The van der Waals surface area contributed by atoms with Crippen LogP contribution in [-0.4, -0.2) is 19.1 Å². The molecule has 116 valence electrons. The van der Waals surface area contributed by atoms with Gasteiger partial charge in [0.25, 0.3) is 5.91 Å². The van der Waals surface area contributed by atoms with Gasteiger partial charge in [-0.2, -0.15) is 0 Å². The zero-order valence-electron chi connectivity index (χ0n) is 12.4. The Morgan fingerprint density at radius 3 is 2.50 bits per heavy atom. The molecule has 0 bridgehead atoms. The summed E-state index contributed by atoms with van der Waals surface area (Å²) in [6, 6.07) is 5.28. The average Bonchev–Trinajstić information content (AvgIpc) is 2.67. The molecule has 0 atom stereocenters. The van der Waals surface area contributed by atoms with E-state index in [0.29, 0.717) is 41.0 Å². The molecule has 2 heterocycles. The van der Waals surface area contributed by atoms with Crippen molar-refractivity contribution < 1.29 is 14.3 Å². The molecule has 1 aliphatic heterocycles. The number of fused-ring (bicyclic) bond motifs is 1. The molecule has 1 amide bonds.